The molecule has 4 nitrogen and oxygen atoms in total. The van der Waals surface area contributed by atoms with Gasteiger partial charge in [-0.15, -0.1) is 0 Å². The second kappa shape index (κ2) is 9.02. The number of aryl methyl sites for hydroxylation is 1. The lowest BCUT2D eigenvalue weighted by molar-refractivity contribution is 0.111. The third-order valence-corrected chi connectivity index (χ3v) is 5.98. The first-order valence-electron chi connectivity index (χ1n) is 9.54. The van der Waals surface area contributed by atoms with Gasteiger partial charge in [0.2, 0.25) is 5.88 Å². The summed E-state index contributed by atoms with van der Waals surface area (Å²) in [5.41, 5.74) is 1.72. The number of ether oxygens (including phenoxy) is 1. The lowest BCUT2D eigenvalue weighted by Gasteiger charge is -2.31. The standard InChI is InChI=1S/C20H32BrN3O/c1-6-24(7-2)19(22)17-12-18(21)20(23-14(17)5)25-16-10-8-15(9-11-16)13(3)4/h12-13,15-16,22H,6-11H2,1-5H3. The molecule has 25 heavy (non-hydrogen) atoms. The van der Waals surface area contributed by atoms with E-state index in [1.54, 1.807) is 0 Å². The number of pyridine rings is 1. The van der Waals surface area contributed by atoms with Crippen molar-refractivity contribution in [3.8, 4) is 5.88 Å². The van der Waals surface area contributed by atoms with Crippen LogP contribution < -0.4 is 4.74 Å². The van der Waals surface area contributed by atoms with E-state index < -0.39 is 0 Å². The molecule has 140 valence electrons. The Morgan fingerprint density at radius 3 is 2.40 bits per heavy atom. The van der Waals surface area contributed by atoms with Gasteiger partial charge in [0.1, 0.15) is 11.9 Å². The predicted octanol–water partition coefficient (Wildman–Crippen LogP) is 5.41. The molecule has 0 amide bonds. The fourth-order valence-corrected chi connectivity index (χ4v) is 4.03. The van der Waals surface area contributed by atoms with Crippen LogP contribution in [0.2, 0.25) is 0 Å². The summed E-state index contributed by atoms with van der Waals surface area (Å²) >= 11 is 3.60. The highest BCUT2D eigenvalue weighted by molar-refractivity contribution is 9.10. The van der Waals surface area contributed by atoms with E-state index in [0.29, 0.717) is 11.7 Å². The molecule has 1 aromatic heterocycles. The van der Waals surface area contributed by atoms with Gasteiger partial charge in [0.15, 0.2) is 0 Å². The van der Waals surface area contributed by atoms with E-state index in [9.17, 15) is 0 Å². The van der Waals surface area contributed by atoms with Crippen molar-refractivity contribution in [2.75, 3.05) is 13.1 Å². The minimum Gasteiger partial charge on any atom is -0.474 e. The van der Waals surface area contributed by atoms with Gasteiger partial charge in [-0.3, -0.25) is 5.41 Å². The maximum absolute atomic E-state index is 8.43. The fraction of sp³-hybridized carbons (Fsp3) is 0.700. The lowest BCUT2D eigenvalue weighted by atomic mass is 9.80. The van der Waals surface area contributed by atoms with Crippen LogP contribution in [0.4, 0.5) is 0 Å². The first kappa shape index (κ1) is 20.2. The minimum atomic E-state index is 0.256. The Morgan fingerprint density at radius 2 is 1.88 bits per heavy atom. The van der Waals surface area contributed by atoms with Crippen LogP contribution in [0.1, 0.15) is 64.6 Å². The molecule has 1 aliphatic rings. The van der Waals surface area contributed by atoms with Crippen LogP contribution in [0.3, 0.4) is 0 Å². The molecule has 0 atom stereocenters. The van der Waals surface area contributed by atoms with E-state index in [-0.39, 0.29) is 6.10 Å². The maximum atomic E-state index is 8.43. The predicted molar refractivity (Wildman–Crippen MR) is 108 cm³/mol. The van der Waals surface area contributed by atoms with Crippen molar-refractivity contribution in [3.05, 3.63) is 21.8 Å². The van der Waals surface area contributed by atoms with Gasteiger partial charge in [-0.1, -0.05) is 13.8 Å². The van der Waals surface area contributed by atoms with Crippen LogP contribution in [-0.4, -0.2) is 34.9 Å². The van der Waals surface area contributed by atoms with Crippen LogP contribution in [0.5, 0.6) is 5.88 Å². The zero-order valence-electron chi connectivity index (χ0n) is 16.2. The zero-order valence-corrected chi connectivity index (χ0v) is 17.8. The first-order chi connectivity index (χ1) is 11.9. The number of hydrogen-bond donors (Lipinski definition) is 1. The highest BCUT2D eigenvalue weighted by Gasteiger charge is 2.25. The Balaban J connectivity index is 2.09. The Labute approximate surface area is 161 Å². The van der Waals surface area contributed by atoms with Crippen LogP contribution in [0, 0.1) is 24.2 Å². The van der Waals surface area contributed by atoms with Gasteiger partial charge in [0.25, 0.3) is 0 Å². The van der Waals surface area contributed by atoms with Gasteiger partial charge in [-0.25, -0.2) is 4.98 Å². The summed E-state index contributed by atoms with van der Waals surface area (Å²) < 4.78 is 7.04. The summed E-state index contributed by atoms with van der Waals surface area (Å²) in [5, 5.41) is 8.43. The van der Waals surface area contributed by atoms with Gasteiger partial charge in [0, 0.05) is 18.7 Å². The Morgan fingerprint density at radius 1 is 1.28 bits per heavy atom. The van der Waals surface area contributed by atoms with E-state index in [4.69, 9.17) is 10.1 Å². The molecule has 1 aliphatic carbocycles. The van der Waals surface area contributed by atoms with Crippen molar-refractivity contribution in [1.82, 2.24) is 9.88 Å². The molecule has 0 aliphatic heterocycles. The molecule has 2 rings (SSSR count). The number of rotatable bonds is 6. The normalized spacial score (nSPS) is 20.6. The summed E-state index contributed by atoms with van der Waals surface area (Å²) in [7, 11) is 0. The molecule has 1 fully saturated rings. The summed E-state index contributed by atoms with van der Waals surface area (Å²) in [6, 6.07) is 1.98. The van der Waals surface area contributed by atoms with Crippen molar-refractivity contribution in [1.29, 1.82) is 5.41 Å². The molecule has 0 aromatic carbocycles. The average molecular weight is 410 g/mol. The van der Waals surface area contributed by atoms with Crippen LogP contribution in [-0.2, 0) is 0 Å². The van der Waals surface area contributed by atoms with E-state index in [1.807, 2.05) is 17.9 Å². The Hall–Kier alpha value is -1.10. The molecular formula is C20H32BrN3O. The van der Waals surface area contributed by atoms with E-state index in [2.05, 4.69) is 48.6 Å². The van der Waals surface area contributed by atoms with Crippen molar-refractivity contribution < 1.29 is 4.74 Å². The van der Waals surface area contributed by atoms with Gasteiger partial charge in [-0.05, 0) is 80.3 Å². The molecular weight excluding hydrogens is 378 g/mol. The molecule has 0 saturated heterocycles. The largest absolute Gasteiger partial charge is 0.474 e. The molecule has 0 bridgehead atoms. The first-order valence-corrected chi connectivity index (χ1v) is 10.3. The van der Waals surface area contributed by atoms with Gasteiger partial charge in [-0.2, -0.15) is 0 Å². The Bertz CT molecular complexity index is 591. The Kier molecular flexibility index (Phi) is 7.29. The molecule has 1 saturated carbocycles. The molecule has 5 heteroatoms. The fourth-order valence-electron chi connectivity index (χ4n) is 3.62. The maximum Gasteiger partial charge on any atom is 0.228 e. The summed E-state index contributed by atoms with van der Waals surface area (Å²) in [6.07, 6.45) is 4.94. The number of halogens is 1. The number of hydrogen-bond acceptors (Lipinski definition) is 3. The number of aromatic nitrogens is 1. The minimum absolute atomic E-state index is 0.256. The number of amidine groups is 1. The van der Waals surface area contributed by atoms with Gasteiger partial charge < -0.3 is 9.64 Å². The third-order valence-electron chi connectivity index (χ3n) is 5.41. The van der Waals surface area contributed by atoms with Crippen LogP contribution in [0.15, 0.2) is 10.5 Å². The SMILES string of the molecule is CCN(CC)C(=N)c1cc(Br)c(OC2CCC(C(C)C)CC2)nc1C. The van der Waals surface area contributed by atoms with Gasteiger partial charge in [0.05, 0.1) is 10.2 Å². The number of nitrogens with one attached hydrogen (secondary N) is 1. The summed E-state index contributed by atoms with van der Waals surface area (Å²) in [4.78, 5) is 6.69. The third kappa shape index (κ3) is 4.96. The second-order valence-electron chi connectivity index (χ2n) is 7.33. The van der Waals surface area contributed by atoms with Crippen LogP contribution in [0.25, 0.3) is 0 Å². The lowest BCUT2D eigenvalue weighted by Crippen LogP contribution is -2.31. The van der Waals surface area contributed by atoms with E-state index in [1.165, 1.54) is 12.8 Å². The highest BCUT2D eigenvalue weighted by atomic mass is 79.9. The van der Waals surface area contributed by atoms with E-state index in [0.717, 1.165) is 53.5 Å². The molecule has 0 radical (unpaired) electrons. The summed E-state index contributed by atoms with van der Waals surface area (Å²) in [5.74, 6) is 2.79. The molecule has 0 unspecified atom stereocenters. The molecule has 1 N–H and O–H groups in total. The summed E-state index contributed by atoms with van der Waals surface area (Å²) in [6.45, 7) is 12.4. The molecule has 1 aromatic rings. The number of nitrogens with zero attached hydrogens (tertiary/aromatic N) is 2. The van der Waals surface area contributed by atoms with Crippen molar-refractivity contribution in [2.24, 2.45) is 11.8 Å². The van der Waals surface area contributed by atoms with Crippen molar-refractivity contribution >= 4 is 21.8 Å². The monoisotopic (exact) mass is 409 g/mol. The van der Waals surface area contributed by atoms with Crippen LogP contribution >= 0.6 is 15.9 Å². The van der Waals surface area contributed by atoms with Gasteiger partial charge >= 0.3 is 0 Å². The van der Waals surface area contributed by atoms with E-state index >= 15 is 0 Å². The molecule has 0 spiro atoms. The highest BCUT2D eigenvalue weighted by Crippen LogP contribution is 2.34. The van der Waals surface area contributed by atoms with Crippen molar-refractivity contribution in [3.63, 3.8) is 0 Å². The average Bonchev–Trinajstić information content (AvgIpc) is 2.59. The topological polar surface area (TPSA) is 49.2 Å². The quantitative estimate of drug-likeness (QED) is 0.504. The molecule has 1 heterocycles. The smallest absolute Gasteiger partial charge is 0.228 e. The second-order valence-corrected chi connectivity index (χ2v) is 8.18. The van der Waals surface area contributed by atoms with Crippen molar-refractivity contribution in [2.45, 2.75) is 66.4 Å². The zero-order chi connectivity index (χ0) is 18.6.